The lowest BCUT2D eigenvalue weighted by molar-refractivity contribution is -0.392. The average Bonchev–Trinajstić information content (AvgIpc) is 2.60. The number of nitrogens with zero attached hydrogens (tertiary/aromatic N) is 3. The predicted molar refractivity (Wildman–Crippen MR) is 46.8 cm³/mol. The summed E-state index contributed by atoms with van der Waals surface area (Å²) in [6.07, 6.45) is 1.37. The number of aliphatic hydroxyl groups is 1. The topological polar surface area (TPSA) is 90.4 Å². The molecule has 0 radical (unpaired) electrons. The van der Waals surface area contributed by atoms with Crippen LogP contribution in [0.1, 0.15) is 0 Å². The van der Waals surface area contributed by atoms with Gasteiger partial charge in [-0.05, 0) is 4.92 Å². The molecule has 0 saturated carbocycles. The summed E-state index contributed by atoms with van der Waals surface area (Å²) in [4.78, 5) is 9.93. The molecule has 1 aromatic heterocycles. The first-order valence-electron chi connectivity index (χ1n) is 4.10. The highest BCUT2D eigenvalue weighted by Crippen LogP contribution is 2.08. The Kier molecular flexibility index (Phi) is 4.02. The molecule has 0 aliphatic heterocycles. The Morgan fingerprint density at radius 1 is 1.64 bits per heavy atom. The van der Waals surface area contributed by atoms with Gasteiger partial charge in [-0.1, -0.05) is 5.10 Å². The number of nitro groups is 1. The van der Waals surface area contributed by atoms with Gasteiger partial charge in [0.1, 0.15) is 6.54 Å². The number of hydrogen-bond acceptors (Lipinski definition) is 5. The molecule has 78 valence electrons. The number of ether oxygens (including phenoxy) is 1. The van der Waals surface area contributed by atoms with Crippen molar-refractivity contribution in [2.45, 2.75) is 6.54 Å². The minimum absolute atomic E-state index is 0.0544. The maximum absolute atomic E-state index is 10.4. The highest BCUT2D eigenvalue weighted by atomic mass is 16.6. The second kappa shape index (κ2) is 5.30. The fourth-order valence-electron chi connectivity index (χ4n) is 0.971. The van der Waals surface area contributed by atoms with Crippen molar-refractivity contribution in [2.75, 3.05) is 19.8 Å². The minimum atomic E-state index is -0.501. The van der Waals surface area contributed by atoms with E-state index in [1.54, 1.807) is 0 Å². The monoisotopic (exact) mass is 201 g/mol. The number of aliphatic hydroxyl groups excluding tert-OH is 1. The maximum Gasteiger partial charge on any atom is 0.344 e. The average molecular weight is 201 g/mol. The summed E-state index contributed by atoms with van der Waals surface area (Å²) in [5.74, 6) is -0.0578. The second-order valence-corrected chi connectivity index (χ2v) is 2.51. The van der Waals surface area contributed by atoms with Gasteiger partial charge in [-0.15, -0.1) is 4.68 Å². The molecule has 0 spiro atoms. The highest BCUT2D eigenvalue weighted by molar-refractivity contribution is 5.15. The maximum atomic E-state index is 10.4. The zero-order valence-corrected chi connectivity index (χ0v) is 7.50. The Morgan fingerprint density at radius 2 is 2.43 bits per heavy atom. The molecule has 0 aliphatic carbocycles. The highest BCUT2D eigenvalue weighted by Gasteiger charge is 2.12. The summed E-state index contributed by atoms with van der Waals surface area (Å²) < 4.78 is 6.20. The van der Waals surface area contributed by atoms with Crippen LogP contribution in [0.2, 0.25) is 0 Å². The SMILES string of the molecule is O=[N+]([O-])c1ccnn1CCOCCO. The van der Waals surface area contributed by atoms with Crippen molar-refractivity contribution in [3.63, 3.8) is 0 Å². The first-order chi connectivity index (χ1) is 6.75. The largest absolute Gasteiger partial charge is 0.394 e. The van der Waals surface area contributed by atoms with Crippen LogP contribution < -0.4 is 0 Å². The number of rotatable bonds is 6. The van der Waals surface area contributed by atoms with Crippen LogP contribution in [0.25, 0.3) is 0 Å². The van der Waals surface area contributed by atoms with Crippen molar-refractivity contribution in [3.8, 4) is 0 Å². The molecule has 1 aromatic rings. The number of hydrogen-bond donors (Lipinski definition) is 1. The summed E-state index contributed by atoms with van der Waals surface area (Å²) in [6.45, 7) is 0.780. The normalized spacial score (nSPS) is 10.4. The van der Waals surface area contributed by atoms with Gasteiger partial charge in [0, 0.05) is 0 Å². The Morgan fingerprint density at radius 3 is 3.07 bits per heavy atom. The lowest BCUT2D eigenvalue weighted by atomic mass is 10.6. The third kappa shape index (κ3) is 2.79. The summed E-state index contributed by atoms with van der Waals surface area (Å²) in [5.41, 5.74) is 0. The summed E-state index contributed by atoms with van der Waals surface area (Å²) >= 11 is 0. The molecule has 7 heteroatoms. The molecule has 0 amide bonds. The van der Waals surface area contributed by atoms with Gasteiger partial charge in [-0.25, -0.2) is 0 Å². The molecule has 7 nitrogen and oxygen atoms in total. The van der Waals surface area contributed by atoms with E-state index in [0.29, 0.717) is 13.2 Å². The van der Waals surface area contributed by atoms with Gasteiger partial charge in [0.2, 0.25) is 0 Å². The van der Waals surface area contributed by atoms with Crippen molar-refractivity contribution in [1.82, 2.24) is 9.78 Å². The summed E-state index contributed by atoms with van der Waals surface area (Å²) in [7, 11) is 0. The molecule has 14 heavy (non-hydrogen) atoms. The van der Waals surface area contributed by atoms with Crippen LogP contribution in [0.3, 0.4) is 0 Å². The van der Waals surface area contributed by atoms with E-state index in [4.69, 9.17) is 9.84 Å². The second-order valence-electron chi connectivity index (χ2n) is 2.51. The van der Waals surface area contributed by atoms with Gasteiger partial charge in [0.25, 0.3) is 0 Å². The molecule has 0 fully saturated rings. The Balaban J connectivity index is 2.42. The molecule has 0 unspecified atom stereocenters. The minimum Gasteiger partial charge on any atom is -0.394 e. The fraction of sp³-hybridized carbons (Fsp3) is 0.571. The molecule has 0 aliphatic rings. The third-order valence-corrected chi connectivity index (χ3v) is 1.56. The zero-order chi connectivity index (χ0) is 10.4. The standard InChI is InChI=1S/C7H11N3O4/c11-4-6-14-5-3-9-7(10(12)13)1-2-8-9/h1-2,11H,3-6H2. The Hall–Kier alpha value is -1.47. The van der Waals surface area contributed by atoms with E-state index in [1.807, 2.05) is 0 Å². The zero-order valence-electron chi connectivity index (χ0n) is 7.50. The van der Waals surface area contributed by atoms with E-state index in [-0.39, 0.29) is 19.0 Å². The molecule has 1 N–H and O–H groups in total. The molecule has 1 rings (SSSR count). The van der Waals surface area contributed by atoms with E-state index < -0.39 is 4.92 Å². The Bertz CT molecular complexity index is 299. The summed E-state index contributed by atoms with van der Waals surface area (Å²) in [6, 6.07) is 1.33. The van der Waals surface area contributed by atoms with Crippen molar-refractivity contribution in [2.24, 2.45) is 0 Å². The molecular weight excluding hydrogens is 190 g/mol. The molecule has 1 heterocycles. The van der Waals surface area contributed by atoms with Crippen molar-refractivity contribution >= 4 is 5.82 Å². The van der Waals surface area contributed by atoms with Crippen LogP contribution in [0.4, 0.5) is 5.82 Å². The van der Waals surface area contributed by atoms with Crippen LogP contribution in [-0.4, -0.2) is 39.6 Å². The number of aromatic nitrogens is 2. The van der Waals surface area contributed by atoms with Crippen molar-refractivity contribution < 1.29 is 14.8 Å². The van der Waals surface area contributed by atoms with E-state index >= 15 is 0 Å². The first-order valence-corrected chi connectivity index (χ1v) is 4.10. The van der Waals surface area contributed by atoms with E-state index in [0.717, 1.165) is 0 Å². The van der Waals surface area contributed by atoms with Gasteiger partial charge in [-0.2, -0.15) is 0 Å². The molecule has 0 atom stereocenters. The van der Waals surface area contributed by atoms with Crippen molar-refractivity contribution in [1.29, 1.82) is 0 Å². The van der Waals surface area contributed by atoms with Crippen LogP contribution in [0, 0.1) is 10.1 Å². The molecule has 0 bridgehead atoms. The Labute approximate surface area is 80.1 Å². The van der Waals surface area contributed by atoms with E-state index in [2.05, 4.69) is 5.10 Å². The quantitative estimate of drug-likeness (QED) is 0.391. The van der Waals surface area contributed by atoms with Gasteiger partial charge in [0.05, 0.1) is 32.1 Å². The fourth-order valence-corrected chi connectivity index (χ4v) is 0.971. The van der Waals surface area contributed by atoms with E-state index in [1.165, 1.54) is 16.9 Å². The third-order valence-electron chi connectivity index (χ3n) is 1.56. The van der Waals surface area contributed by atoms with Crippen LogP contribution in [-0.2, 0) is 11.3 Å². The van der Waals surface area contributed by atoms with Gasteiger partial charge in [-0.3, -0.25) is 0 Å². The molecular formula is C7H11N3O4. The lowest BCUT2D eigenvalue weighted by Crippen LogP contribution is -2.11. The summed E-state index contributed by atoms with van der Waals surface area (Å²) in [5, 5.41) is 22.6. The predicted octanol–water partition coefficient (Wildman–Crippen LogP) is -0.200. The molecule has 0 aromatic carbocycles. The molecule has 0 saturated heterocycles. The van der Waals surface area contributed by atoms with Gasteiger partial charge in [0.15, 0.2) is 0 Å². The van der Waals surface area contributed by atoms with E-state index in [9.17, 15) is 10.1 Å². The van der Waals surface area contributed by atoms with Gasteiger partial charge >= 0.3 is 5.82 Å². The van der Waals surface area contributed by atoms with Crippen molar-refractivity contribution in [3.05, 3.63) is 22.4 Å². The van der Waals surface area contributed by atoms with Gasteiger partial charge < -0.3 is 20.0 Å². The lowest BCUT2D eigenvalue weighted by Gasteiger charge is -2.00. The van der Waals surface area contributed by atoms with Crippen LogP contribution in [0.15, 0.2) is 12.3 Å². The van der Waals surface area contributed by atoms with Crippen LogP contribution in [0.5, 0.6) is 0 Å². The van der Waals surface area contributed by atoms with Crippen LogP contribution >= 0.6 is 0 Å². The first kappa shape index (κ1) is 10.6. The smallest absolute Gasteiger partial charge is 0.344 e.